The summed E-state index contributed by atoms with van der Waals surface area (Å²) >= 11 is 12.2. The number of pyridine rings is 1. The smallest absolute Gasteiger partial charge is 0.196 e. The zero-order chi connectivity index (χ0) is 16.9. The summed E-state index contributed by atoms with van der Waals surface area (Å²) in [6.45, 7) is 0. The van der Waals surface area contributed by atoms with Gasteiger partial charge in [-0.1, -0.05) is 41.4 Å². The van der Waals surface area contributed by atoms with Crippen LogP contribution in [0.2, 0.25) is 10.0 Å². The third-order valence-corrected chi connectivity index (χ3v) is 3.92. The Labute approximate surface area is 149 Å². The van der Waals surface area contributed by atoms with Crippen molar-refractivity contribution in [1.82, 2.24) is 4.98 Å². The molecule has 0 bridgehead atoms. The van der Waals surface area contributed by atoms with E-state index >= 15 is 0 Å². The maximum atomic E-state index is 12.8. The summed E-state index contributed by atoms with van der Waals surface area (Å²) in [5.41, 5.74) is 2.17. The van der Waals surface area contributed by atoms with Crippen molar-refractivity contribution in [2.75, 3.05) is 0 Å². The molecule has 0 radical (unpaired) electrons. The highest BCUT2D eigenvalue weighted by molar-refractivity contribution is 6.35. The molecule has 0 saturated carbocycles. The number of halogens is 2. The molecule has 0 unspecified atom stereocenters. The molecule has 1 aromatic heterocycles. The normalized spacial score (nSPS) is 10.9. The van der Waals surface area contributed by atoms with Gasteiger partial charge >= 0.3 is 0 Å². The molecule has 118 valence electrons. The van der Waals surface area contributed by atoms with E-state index in [0.717, 1.165) is 5.56 Å². The number of carbonyl (C=O) groups excluding carboxylic acids is 1. The molecule has 2 aromatic carbocycles. The molecule has 0 atom stereocenters. The Hall–Kier alpha value is -2.49. The molecular weight excluding hydrogens is 343 g/mol. The summed E-state index contributed by atoms with van der Waals surface area (Å²) in [6, 6.07) is 15.6. The van der Waals surface area contributed by atoms with Crippen molar-refractivity contribution in [1.29, 1.82) is 0 Å². The van der Waals surface area contributed by atoms with E-state index in [1.54, 1.807) is 61.1 Å². The van der Waals surface area contributed by atoms with Crippen LogP contribution in [0.25, 0.3) is 0 Å². The van der Waals surface area contributed by atoms with Gasteiger partial charge in [0.15, 0.2) is 5.78 Å². The number of hydrogen-bond donors (Lipinski definition) is 0. The summed E-state index contributed by atoms with van der Waals surface area (Å²) in [6.07, 6.45) is 5.03. The lowest BCUT2D eigenvalue weighted by atomic mass is 10.0. The van der Waals surface area contributed by atoms with Crippen molar-refractivity contribution in [3.05, 3.63) is 93.7 Å². The van der Waals surface area contributed by atoms with E-state index in [1.807, 2.05) is 12.1 Å². The Morgan fingerprint density at radius 2 is 1.83 bits per heavy atom. The molecule has 1 heterocycles. The van der Waals surface area contributed by atoms with Crippen LogP contribution in [0.1, 0.15) is 21.5 Å². The topological polar surface area (TPSA) is 42.3 Å². The maximum Gasteiger partial charge on any atom is 0.196 e. The largest absolute Gasteiger partial charge is 0.288 e. The Morgan fingerprint density at radius 3 is 2.58 bits per heavy atom. The van der Waals surface area contributed by atoms with Gasteiger partial charge in [-0.2, -0.15) is 0 Å². The molecule has 0 amide bonds. The van der Waals surface area contributed by atoms with Gasteiger partial charge in [0, 0.05) is 40.3 Å². The van der Waals surface area contributed by atoms with Crippen molar-refractivity contribution in [2.45, 2.75) is 0 Å². The predicted molar refractivity (Wildman–Crippen MR) is 97.8 cm³/mol. The third kappa shape index (κ3) is 3.70. The van der Waals surface area contributed by atoms with Gasteiger partial charge in [0.1, 0.15) is 0 Å². The van der Waals surface area contributed by atoms with Gasteiger partial charge in [-0.3, -0.25) is 14.8 Å². The van der Waals surface area contributed by atoms with E-state index in [1.165, 1.54) is 0 Å². The van der Waals surface area contributed by atoms with Crippen LogP contribution in [-0.2, 0) is 0 Å². The first-order valence-electron chi connectivity index (χ1n) is 7.18. The van der Waals surface area contributed by atoms with E-state index in [4.69, 9.17) is 23.2 Å². The second-order valence-corrected chi connectivity index (χ2v) is 5.86. The van der Waals surface area contributed by atoms with Gasteiger partial charge < -0.3 is 0 Å². The highest BCUT2D eigenvalue weighted by atomic mass is 35.5. The number of aromatic nitrogens is 1. The highest BCUT2D eigenvalue weighted by Crippen LogP contribution is 2.28. The van der Waals surface area contributed by atoms with Crippen molar-refractivity contribution in [3.8, 4) is 0 Å². The Morgan fingerprint density at radius 1 is 1.00 bits per heavy atom. The lowest BCUT2D eigenvalue weighted by molar-refractivity contribution is 0.103. The van der Waals surface area contributed by atoms with Gasteiger partial charge in [0.25, 0.3) is 0 Å². The number of nitrogens with zero attached hydrogens (tertiary/aromatic N) is 2. The van der Waals surface area contributed by atoms with Crippen LogP contribution in [0, 0.1) is 0 Å². The minimum absolute atomic E-state index is 0.221. The molecule has 0 spiro atoms. The summed E-state index contributed by atoms with van der Waals surface area (Å²) in [5.74, 6) is -0.221. The van der Waals surface area contributed by atoms with Crippen molar-refractivity contribution >= 4 is 40.9 Å². The molecule has 3 rings (SSSR count). The standard InChI is InChI=1S/C19H12Cl2N2O/c20-14-7-8-18(23-12-13-4-3-9-22-11-13)16(10-14)19(24)15-5-1-2-6-17(15)21/h1-12H. The van der Waals surface area contributed by atoms with Crippen molar-refractivity contribution in [2.24, 2.45) is 4.99 Å². The highest BCUT2D eigenvalue weighted by Gasteiger charge is 2.16. The SMILES string of the molecule is O=C(c1ccccc1Cl)c1cc(Cl)ccc1N=Cc1cccnc1. The first-order valence-corrected chi connectivity index (χ1v) is 7.93. The van der Waals surface area contributed by atoms with Crippen molar-refractivity contribution in [3.63, 3.8) is 0 Å². The quantitative estimate of drug-likeness (QED) is 0.466. The van der Waals surface area contributed by atoms with Crippen LogP contribution in [0.4, 0.5) is 5.69 Å². The van der Waals surface area contributed by atoms with Gasteiger partial charge in [-0.05, 0) is 36.4 Å². The fourth-order valence-corrected chi connectivity index (χ4v) is 2.58. The third-order valence-electron chi connectivity index (χ3n) is 3.36. The molecule has 0 N–H and O–H groups in total. The fraction of sp³-hybridized carbons (Fsp3) is 0. The van der Waals surface area contributed by atoms with Gasteiger partial charge in [0.2, 0.25) is 0 Å². The van der Waals surface area contributed by atoms with Gasteiger partial charge in [-0.15, -0.1) is 0 Å². The monoisotopic (exact) mass is 354 g/mol. The molecule has 0 aliphatic rings. The summed E-state index contributed by atoms with van der Waals surface area (Å²) in [4.78, 5) is 21.3. The number of rotatable bonds is 4. The van der Waals surface area contributed by atoms with Crippen molar-refractivity contribution < 1.29 is 4.79 Å². The molecule has 0 saturated heterocycles. The Balaban J connectivity index is 2.02. The second-order valence-electron chi connectivity index (χ2n) is 5.01. The first kappa shape index (κ1) is 16.4. The number of benzene rings is 2. The van der Waals surface area contributed by atoms with Crippen LogP contribution in [0.3, 0.4) is 0 Å². The molecule has 3 nitrogen and oxygen atoms in total. The van der Waals surface area contributed by atoms with E-state index in [-0.39, 0.29) is 5.78 Å². The average Bonchev–Trinajstić information content (AvgIpc) is 2.61. The maximum absolute atomic E-state index is 12.8. The zero-order valence-corrected chi connectivity index (χ0v) is 14.0. The number of ketones is 1. The van der Waals surface area contributed by atoms with E-state index in [2.05, 4.69) is 9.98 Å². The Bertz CT molecular complexity index is 908. The molecule has 24 heavy (non-hydrogen) atoms. The minimum Gasteiger partial charge on any atom is -0.288 e. The van der Waals surface area contributed by atoms with Crippen LogP contribution in [0.15, 0.2) is 72.0 Å². The Kier molecular flexibility index (Phi) is 5.04. The van der Waals surface area contributed by atoms with E-state index in [9.17, 15) is 4.79 Å². The second kappa shape index (κ2) is 7.39. The van der Waals surface area contributed by atoms with Crippen LogP contribution in [0.5, 0.6) is 0 Å². The fourth-order valence-electron chi connectivity index (χ4n) is 2.19. The molecular formula is C19H12Cl2N2O. The molecule has 0 fully saturated rings. The summed E-state index contributed by atoms with van der Waals surface area (Å²) in [5, 5.41) is 0.857. The lowest BCUT2D eigenvalue weighted by Gasteiger charge is -2.07. The predicted octanol–water partition coefficient (Wildman–Crippen LogP) is 5.37. The van der Waals surface area contributed by atoms with Gasteiger partial charge in [0.05, 0.1) is 10.7 Å². The van der Waals surface area contributed by atoms with E-state index in [0.29, 0.717) is 26.9 Å². The number of carbonyl (C=O) groups is 1. The zero-order valence-electron chi connectivity index (χ0n) is 12.5. The minimum atomic E-state index is -0.221. The van der Waals surface area contributed by atoms with E-state index < -0.39 is 0 Å². The van der Waals surface area contributed by atoms with Crippen LogP contribution >= 0.6 is 23.2 Å². The van der Waals surface area contributed by atoms with Gasteiger partial charge in [-0.25, -0.2) is 0 Å². The molecule has 3 aromatic rings. The number of aliphatic imine (C=N–C) groups is 1. The molecule has 5 heteroatoms. The molecule has 0 aliphatic heterocycles. The number of hydrogen-bond acceptors (Lipinski definition) is 3. The van der Waals surface area contributed by atoms with Crippen LogP contribution < -0.4 is 0 Å². The molecule has 0 aliphatic carbocycles. The summed E-state index contributed by atoms with van der Waals surface area (Å²) < 4.78 is 0. The summed E-state index contributed by atoms with van der Waals surface area (Å²) in [7, 11) is 0. The average molecular weight is 355 g/mol. The lowest BCUT2D eigenvalue weighted by Crippen LogP contribution is -2.02. The van der Waals surface area contributed by atoms with Crippen LogP contribution in [-0.4, -0.2) is 17.0 Å². The first-order chi connectivity index (χ1) is 11.6.